The highest BCUT2D eigenvalue weighted by atomic mass is 35.5. The molecular formula is C17H16ClNO3S. The minimum Gasteiger partial charge on any atom is -0.431 e. The molecule has 23 heavy (non-hydrogen) atoms. The predicted molar refractivity (Wildman–Crippen MR) is 91.8 cm³/mol. The molecule has 0 aliphatic carbocycles. The summed E-state index contributed by atoms with van der Waals surface area (Å²) in [4.78, 5) is 4.35. The molecule has 2 aromatic carbocycles. The molecule has 120 valence electrons. The number of rotatable bonds is 7. The van der Waals surface area contributed by atoms with Crippen molar-refractivity contribution in [3.05, 3.63) is 59.1 Å². The highest BCUT2D eigenvalue weighted by Crippen LogP contribution is 2.23. The van der Waals surface area contributed by atoms with Gasteiger partial charge in [0, 0.05) is 10.8 Å². The average molecular weight is 350 g/mol. The van der Waals surface area contributed by atoms with Gasteiger partial charge in [0.15, 0.2) is 5.58 Å². The number of para-hydroxylation sites is 2. The molecule has 0 radical (unpaired) electrons. The number of aliphatic hydroxyl groups is 1. The second-order valence-electron chi connectivity index (χ2n) is 5.05. The van der Waals surface area contributed by atoms with Gasteiger partial charge in [-0.15, -0.1) is 0 Å². The smallest absolute Gasteiger partial charge is 0.256 e. The van der Waals surface area contributed by atoms with Crippen molar-refractivity contribution in [2.24, 2.45) is 0 Å². The molecule has 0 aliphatic heterocycles. The number of thioether (sulfide) groups is 1. The second kappa shape index (κ2) is 7.84. The number of ether oxygens (including phenoxy) is 1. The molecule has 3 rings (SSSR count). The third kappa shape index (κ3) is 4.72. The van der Waals surface area contributed by atoms with E-state index >= 15 is 0 Å². The van der Waals surface area contributed by atoms with Crippen LogP contribution in [-0.2, 0) is 11.3 Å². The first-order chi connectivity index (χ1) is 11.2. The Kier molecular flexibility index (Phi) is 5.56. The number of oxazole rings is 1. The number of halogens is 1. The average Bonchev–Trinajstić information content (AvgIpc) is 2.98. The lowest BCUT2D eigenvalue weighted by Gasteiger charge is -2.10. The molecule has 1 heterocycles. The summed E-state index contributed by atoms with van der Waals surface area (Å²) in [5.74, 6) is 0.466. The minimum atomic E-state index is -0.581. The Hall–Kier alpha value is -1.53. The van der Waals surface area contributed by atoms with Crippen LogP contribution in [0.15, 0.2) is 58.2 Å². The molecule has 3 aromatic rings. The molecule has 0 fully saturated rings. The van der Waals surface area contributed by atoms with Crippen molar-refractivity contribution in [2.45, 2.75) is 17.9 Å². The van der Waals surface area contributed by atoms with E-state index in [-0.39, 0.29) is 6.61 Å². The lowest BCUT2D eigenvalue weighted by Crippen LogP contribution is -2.17. The zero-order chi connectivity index (χ0) is 16.1. The van der Waals surface area contributed by atoms with E-state index in [4.69, 9.17) is 20.8 Å². The lowest BCUT2D eigenvalue weighted by molar-refractivity contribution is 0.0397. The van der Waals surface area contributed by atoms with E-state index in [2.05, 4.69) is 4.98 Å². The quantitative estimate of drug-likeness (QED) is 0.649. The topological polar surface area (TPSA) is 55.5 Å². The third-order valence-electron chi connectivity index (χ3n) is 3.17. The largest absolute Gasteiger partial charge is 0.431 e. The number of hydrogen-bond acceptors (Lipinski definition) is 5. The zero-order valence-electron chi connectivity index (χ0n) is 12.3. The number of aromatic nitrogens is 1. The van der Waals surface area contributed by atoms with Crippen molar-refractivity contribution < 1.29 is 14.3 Å². The Bertz CT molecular complexity index is 727. The van der Waals surface area contributed by atoms with Crippen LogP contribution in [0.1, 0.15) is 5.56 Å². The highest BCUT2D eigenvalue weighted by Gasteiger charge is 2.10. The van der Waals surface area contributed by atoms with Gasteiger partial charge >= 0.3 is 0 Å². The molecule has 6 heteroatoms. The van der Waals surface area contributed by atoms with Crippen molar-refractivity contribution in [1.29, 1.82) is 0 Å². The first-order valence-corrected chi connectivity index (χ1v) is 8.56. The van der Waals surface area contributed by atoms with Crippen LogP contribution in [0.25, 0.3) is 11.1 Å². The summed E-state index contributed by atoms with van der Waals surface area (Å²) in [5, 5.41) is 11.2. The number of benzene rings is 2. The molecule has 1 atom stereocenters. The molecule has 0 spiro atoms. The van der Waals surface area contributed by atoms with E-state index in [1.807, 2.05) is 48.5 Å². The molecule has 0 saturated carbocycles. The van der Waals surface area contributed by atoms with Crippen molar-refractivity contribution in [1.82, 2.24) is 4.98 Å². The Morgan fingerprint density at radius 2 is 1.96 bits per heavy atom. The van der Waals surface area contributed by atoms with Crippen LogP contribution in [0, 0.1) is 0 Å². The van der Waals surface area contributed by atoms with Gasteiger partial charge in [-0.25, -0.2) is 4.98 Å². The maximum Gasteiger partial charge on any atom is 0.256 e. The monoisotopic (exact) mass is 349 g/mol. The molecule has 0 aliphatic rings. The Labute approximate surface area is 143 Å². The fourth-order valence-corrected chi connectivity index (χ4v) is 2.89. The SMILES string of the molecule is OC(COCc1ccc(Cl)cc1)CSc1nc2ccccc2o1. The summed E-state index contributed by atoms with van der Waals surface area (Å²) in [7, 11) is 0. The summed E-state index contributed by atoms with van der Waals surface area (Å²) in [6, 6.07) is 15.0. The van der Waals surface area contributed by atoms with Crippen molar-refractivity contribution >= 4 is 34.5 Å². The van der Waals surface area contributed by atoms with Crippen LogP contribution in [0.4, 0.5) is 0 Å². The second-order valence-corrected chi connectivity index (χ2v) is 6.46. The Morgan fingerprint density at radius 3 is 2.74 bits per heavy atom. The molecule has 4 nitrogen and oxygen atoms in total. The van der Waals surface area contributed by atoms with E-state index in [0.29, 0.717) is 22.6 Å². The fraction of sp³-hybridized carbons (Fsp3) is 0.235. The minimum absolute atomic E-state index is 0.260. The van der Waals surface area contributed by atoms with Gasteiger partial charge in [0.2, 0.25) is 0 Å². The number of hydrogen-bond donors (Lipinski definition) is 1. The standard InChI is InChI=1S/C17H16ClNO3S/c18-13-7-5-12(6-8-13)9-21-10-14(20)11-23-17-19-15-3-1-2-4-16(15)22-17/h1-8,14,20H,9-11H2. The first-order valence-electron chi connectivity index (χ1n) is 7.19. The van der Waals surface area contributed by atoms with Gasteiger partial charge in [-0.1, -0.05) is 47.6 Å². The summed E-state index contributed by atoms with van der Waals surface area (Å²) in [6.45, 7) is 0.706. The summed E-state index contributed by atoms with van der Waals surface area (Å²) in [6.07, 6.45) is -0.581. The predicted octanol–water partition coefficient (Wildman–Crippen LogP) is 4.15. The normalized spacial score (nSPS) is 12.6. The lowest BCUT2D eigenvalue weighted by atomic mass is 10.2. The van der Waals surface area contributed by atoms with Gasteiger partial charge in [0.25, 0.3) is 5.22 Å². The Morgan fingerprint density at radius 1 is 1.17 bits per heavy atom. The van der Waals surface area contributed by atoms with Gasteiger partial charge in [-0.2, -0.15) is 0 Å². The highest BCUT2D eigenvalue weighted by molar-refractivity contribution is 7.99. The van der Waals surface area contributed by atoms with Crippen LogP contribution in [0.2, 0.25) is 5.02 Å². The molecule has 1 unspecified atom stereocenters. The van der Waals surface area contributed by atoms with Gasteiger partial charge < -0.3 is 14.3 Å². The van der Waals surface area contributed by atoms with Crippen LogP contribution in [0.3, 0.4) is 0 Å². The third-order valence-corrected chi connectivity index (χ3v) is 4.39. The molecule has 0 bridgehead atoms. The van der Waals surface area contributed by atoms with Crippen molar-refractivity contribution in [3.63, 3.8) is 0 Å². The van der Waals surface area contributed by atoms with Crippen molar-refractivity contribution in [3.8, 4) is 0 Å². The molecule has 1 N–H and O–H groups in total. The van der Waals surface area contributed by atoms with Gasteiger partial charge in [0.1, 0.15) is 5.52 Å². The summed E-state index contributed by atoms with van der Waals surface area (Å²) in [5.41, 5.74) is 2.60. The van der Waals surface area contributed by atoms with Crippen molar-refractivity contribution in [2.75, 3.05) is 12.4 Å². The van der Waals surface area contributed by atoms with Gasteiger partial charge in [-0.3, -0.25) is 0 Å². The maximum atomic E-state index is 9.97. The summed E-state index contributed by atoms with van der Waals surface area (Å²) < 4.78 is 11.1. The molecule has 1 aromatic heterocycles. The van der Waals surface area contributed by atoms with E-state index in [9.17, 15) is 5.11 Å². The number of fused-ring (bicyclic) bond motifs is 1. The number of nitrogens with zero attached hydrogens (tertiary/aromatic N) is 1. The zero-order valence-corrected chi connectivity index (χ0v) is 13.9. The molecular weight excluding hydrogens is 334 g/mol. The van der Waals surface area contributed by atoms with Crippen LogP contribution >= 0.6 is 23.4 Å². The first kappa shape index (κ1) is 16.3. The fourth-order valence-electron chi connectivity index (χ4n) is 2.02. The summed E-state index contributed by atoms with van der Waals surface area (Å²) >= 11 is 7.20. The van der Waals surface area contributed by atoms with Gasteiger partial charge in [-0.05, 0) is 29.8 Å². The molecule has 0 saturated heterocycles. The van der Waals surface area contributed by atoms with Crippen LogP contribution in [0.5, 0.6) is 0 Å². The maximum absolute atomic E-state index is 9.97. The molecule has 0 amide bonds. The van der Waals surface area contributed by atoms with Gasteiger partial charge in [0.05, 0.1) is 19.3 Å². The Balaban J connectivity index is 1.42. The van der Waals surface area contributed by atoms with Crippen LogP contribution < -0.4 is 0 Å². The van der Waals surface area contributed by atoms with E-state index < -0.39 is 6.10 Å². The number of aliphatic hydroxyl groups excluding tert-OH is 1. The van der Waals surface area contributed by atoms with E-state index in [1.54, 1.807) is 0 Å². The van der Waals surface area contributed by atoms with E-state index in [1.165, 1.54) is 11.8 Å². The van der Waals surface area contributed by atoms with E-state index in [0.717, 1.165) is 16.7 Å². The van der Waals surface area contributed by atoms with Crippen LogP contribution in [-0.4, -0.2) is 28.6 Å².